The molecule has 1 unspecified atom stereocenters. The van der Waals surface area contributed by atoms with Crippen LogP contribution in [0.15, 0.2) is 6.33 Å². The Morgan fingerprint density at radius 2 is 2.32 bits per heavy atom. The van der Waals surface area contributed by atoms with Crippen molar-refractivity contribution < 1.29 is 4.74 Å². The highest BCUT2D eigenvalue weighted by atomic mass is 32.2. The van der Waals surface area contributed by atoms with E-state index in [1.54, 1.807) is 0 Å². The van der Waals surface area contributed by atoms with E-state index in [1.165, 1.54) is 24.9 Å². The number of anilines is 2. The van der Waals surface area contributed by atoms with E-state index >= 15 is 0 Å². The zero-order chi connectivity index (χ0) is 13.9. The van der Waals surface area contributed by atoms with E-state index in [4.69, 9.17) is 10.5 Å². The van der Waals surface area contributed by atoms with E-state index in [2.05, 4.69) is 22.2 Å². The largest absolute Gasteiger partial charge is 0.473 e. The fourth-order valence-electron chi connectivity index (χ4n) is 2.08. The number of hydrogen-bond donors (Lipinski definition) is 2. The van der Waals surface area contributed by atoms with Crippen LogP contribution in [0.2, 0.25) is 0 Å². The van der Waals surface area contributed by atoms with Gasteiger partial charge in [-0.05, 0) is 39.4 Å². The summed E-state index contributed by atoms with van der Waals surface area (Å²) in [5, 5.41) is 3.33. The van der Waals surface area contributed by atoms with Gasteiger partial charge in [0.2, 0.25) is 5.88 Å². The molecule has 1 atom stereocenters. The van der Waals surface area contributed by atoms with Gasteiger partial charge in [-0.25, -0.2) is 4.98 Å². The first-order chi connectivity index (χ1) is 9.00. The molecule has 1 aliphatic rings. The monoisotopic (exact) mass is 282 g/mol. The fourth-order valence-corrected chi connectivity index (χ4v) is 3.33. The molecule has 0 amide bonds. The van der Waals surface area contributed by atoms with Gasteiger partial charge in [0.1, 0.15) is 12.0 Å². The smallest absolute Gasteiger partial charge is 0.242 e. The Morgan fingerprint density at radius 3 is 2.95 bits per heavy atom. The van der Waals surface area contributed by atoms with Gasteiger partial charge >= 0.3 is 0 Å². The number of rotatable bonds is 5. The molecule has 19 heavy (non-hydrogen) atoms. The van der Waals surface area contributed by atoms with Gasteiger partial charge in [-0.15, -0.1) is 0 Å². The molecule has 0 aliphatic carbocycles. The van der Waals surface area contributed by atoms with Crippen LogP contribution >= 0.6 is 11.8 Å². The molecule has 1 aromatic heterocycles. The van der Waals surface area contributed by atoms with Crippen LogP contribution in [0.3, 0.4) is 0 Å². The maximum atomic E-state index is 6.04. The van der Waals surface area contributed by atoms with Crippen molar-refractivity contribution in [3.05, 3.63) is 6.33 Å². The molecule has 0 aromatic carbocycles. The average Bonchev–Trinajstić information content (AvgIpc) is 2.77. The Labute approximate surface area is 118 Å². The number of ether oxygens (including phenoxy) is 1. The second-order valence-electron chi connectivity index (χ2n) is 5.36. The third-order valence-electron chi connectivity index (χ3n) is 3.12. The van der Waals surface area contributed by atoms with Crippen LogP contribution in [0.5, 0.6) is 5.88 Å². The van der Waals surface area contributed by atoms with E-state index < -0.39 is 0 Å². The van der Waals surface area contributed by atoms with Crippen molar-refractivity contribution in [2.45, 2.75) is 44.5 Å². The first-order valence-electron chi connectivity index (χ1n) is 6.65. The lowest BCUT2D eigenvalue weighted by Crippen LogP contribution is -2.27. The predicted octanol–water partition coefficient (Wildman–Crippen LogP) is 2.54. The van der Waals surface area contributed by atoms with Gasteiger partial charge in [0.15, 0.2) is 5.82 Å². The summed E-state index contributed by atoms with van der Waals surface area (Å²) in [5.41, 5.74) is 6.53. The minimum atomic E-state index is 0.0490. The molecule has 1 aliphatic heterocycles. The quantitative estimate of drug-likeness (QED) is 0.864. The van der Waals surface area contributed by atoms with E-state index in [-0.39, 0.29) is 10.9 Å². The zero-order valence-electron chi connectivity index (χ0n) is 11.8. The first-order valence-corrected chi connectivity index (χ1v) is 7.64. The summed E-state index contributed by atoms with van der Waals surface area (Å²) in [4.78, 5) is 8.27. The Hall–Kier alpha value is -1.17. The number of aromatic nitrogens is 2. The molecule has 0 bridgehead atoms. The molecule has 1 saturated heterocycles. The molecule has 1 fully saturated rings. The van der Waals surface area contributed by atoms with Crippen molar-refractivity contribution in [1.29, 1.82) is 0 Å². The molecule has 0 saturated carbocycles. The Balaban J connectivity index is 2.04. The lowest BCUT2D eigenvalue weighted by molar-refractivity contribution is 0.234. The van der Waals surface area contributed by atoms with Crippen molar-refractivity contribution in [1.82, 2.24) is 9.97 Å². The molecular weight excluding hydrogens is 260 g/mol. The molecule has 6 heteroatoms. The van der Waals surface area contributed by atoms with Crippen molar-refractivity contribution >= 4 is 23.3 Å². The second kappa shape index (κ2) is 5.86. The minimum absolute atomic E-state index is 0.0490. The highest BCUT2D eigenvalue weighted by Crippen LogP contribution is 2.38. The van der Waals surface area contributed by atoms with E-state index in [0.717, 1.165) is 6.54 Å². The van der Waals surface area contributed by atoms with E-state index in [1.807, 2.05) is 25.6 Å². The number of nitrogens with two attached hydrogens (primary N) is 1. The van der Waals surface area contributed by atoms with Crippen LogP contribution in [0, 0.1) is 0 Å². The molecule has 1 aromatic rings. The van der Waals surface area contributed by atoms with Gasteiger partial charge in [-0.3, -0.25) is 0 Å². The van der Waals surface area contributed by atoms with Gasteiger partial charge in [-0.2, -0.15) is 16.7 Å². The molecule has 5 nitrogen and oxygen atoms in total. The van der Waals surface area contributed by atoms with Crippen LogP contribution in [0.4, 0.5) is 11.5 Å². The fraction of sp³-hybridized carbons (Fsp3) is 0.692. The van der Waals surface area contributed by atoms with Gasteiger partial charge in [0, 0.05) is 11.3 Å². The van der Waals surface area contributed by atoms with Crippen LogP contribution in [0.25, 0.3) is 0 Å². The van der Waals surface area contributed by atoms with E-state index in [9.17, 15) is 0 Å². The van der Waals surface area contributed by atoms with Crippen LogP contribution in [-0.4, -0.2) is 33.1 Å². The number of hydrogen-bond acceptors (Lipinski definition) is 6. The molecule has 3 N–H and O–H groups in total. The minimum Gasteiger partial charge on any atom is -0.473 e. The number of nitrogen functional groups attached to an aromatic ring is 1. The van der Waals surface area contributed by atoms with Gasteiger partial charge in [0.25, 0.3) is 0 Å². The molecule has 2 rings (SSSR count). The summed E-state index contributed by atoms with van der Waals surface area (Å²) in [6.07, 6.45) is 4.04. The first kappa shape index (κ1) is 14.2. The Kier molecular flexibility index (Phi) is 4.39. The highest BCUT2D eigenvalue weighted by Gasteiger charge is 2.29. The predicted molar refractivity (Wildman–Crippen MR) is 80.8 cm³/mol. The van der Waals surface area contributed by atoms with Gasteiger partial charge < -0.3 is 15.8 Å². The van der Waals surface area contributed by atoms with Gasteiger partial charge in [-0.1, -0.05) is 0 Å². The highest BCUT2D eigenvalue weighted by molar-refractivity contribution is 8.00. The average molecular weight is 282 g/mol. The van der Waals surface area contributed by atoms with Crippen LogP contribution in [-0.2, 0) is 0 Å². The summed E-state index contributed by atoms with van der Waals surface area (Å²) in [6, 6.07) is 0. The van der Waals surface area contributed by atoms with Gasteiger partial charge in [0.05, 0.1) is 6.10 Å². The lowest BCUT2D eigenvalue weighted by Gasteiger charge is -2.23. The lowest BCUT2D eigenvalue weighted by atomic mass is 10.1. The van der Waals surface area contributed by atoms with Crippen molar-refractivity contribution in [3.63, 3.8) is 0 Å². The standard InChI is InChI=1S/C13H22N4OS/c1-9(2)18-12-10(14)11(16-8-17-12)15-7-13(3)5-4-6-19-13/h8-9H,4-7,14H2,1-3H3,(H,15,16,17). The normalized spacial score (nSPS) is 22.7. The van der Waals surface area contributed by atoms with Crippen molar-refractivity contribution in [2.24, 2.45) is 0 Å². The molecule has 0 spiro atoms. The zero-order valence-corrected chi connectivity index (χ0v) is 12.6. The summed E-state index contributed by atoms with van der Waals surface area (Å²) in [5.74, 6) is 2.36. The maximum Gasteiger partial charge on any atom is 0.242 e. The molecule has 2 heterocycles. The second-order valence-corrected chi connectivity index (χ2v) is 7.05. The van der Waals surface area contributed by atoms with Crippen LogP contribution < -0.4 is 15.8 Å². The number of nitrogens with one attached hydrogen (secondary N) is 1. The topological polar surface area (TPSA) is 73.1 Å². The summed E-state index contributed by atoms with van der Waals surface area (Å²) < 4.78 is 5.84. The Bertz CT molecular complexity index is 433. The third kappa shape index (κ3) is 3.65. The third-order valence-corrected chi connectivity index (χ3v) is 4.66. The summed E-state index contributed by atoms with van der Waals surface area (Å²) >= 11 is 2.01. The summed E-state index contributed by atoms with van der Waals surface area (Å²) in [6.45, 7) is 7.04. The van der Waals surface area contributed by atoms with E-state index in [0.29, 0.717) is 17.4 Å². The number of nitrogens with zero attached hydrogens (tertiary/aromatic N) is 2. The molecular formula is C13H22N4OS. The molecule has 106 valence electrons. The maximum absolute atomic E-state index is 6.04. The molecule has 0 radical (unpaired) electrons. The summed E-state index contributed by atoms with van der Waals surface area (Å²) in [7, 11) is 0. The van der Waals surface area contributed by atoms with Crippen LogP contribution in [0.1, 0.15) is 33.6 Å². The van der Waals surface area contributed by atoms with Crippen molar-refractivity contribution in [3.8, 4) is 5.88 Å². The Morgan fingerprint density at radius 1 is 1.53 bits per heavy atom. The van der Waals surface area contributed by atoms with Crippen molar-refractivity contribution in [2.75, 3.05) is 23.3 Å². The SMILES string of the molecule is CC(C)Oc1ncnc(NCC2(C)CCCS2)c1N. The number of thioether (sulfide) groups is 1.